The molecule has 0 bridgehead atoms. The van der Waals surface area contributed by atoms with E-state index in [2.05, 4.69) is 26.1 Å². The van der Waals surface area contributed by atoms with Crippen molar-refractivity contribution in [3.8, 4) is 0 Å². The van der Waals surface area contributed by atoms with Gasteiger partial charge in [0.2, 0.25) is 5.96 Å². The zero-order valence-corrected chi connectivity index (χ0v) is 9.49. The van der Waals surface area contributed by atoms with Gasteiger partial charge in [0.15, 0.2) is 0 Å². The Morgan fingerprint density at radius 1 is 1.24 bits per heavy atom. The smallest absolute Gasteiger partial charge is 0.214 e. The number of fused-ring (bicyclic) bond motifs is 3. The van der Waals surface area contributed by atoms with E-state index in [1.54, 1.807) is 6.20 Å². The fraction of sp³-hybridized carbons (Fsp3) is 0.167. The highest BCUT2D eigenvalue weighted by Crippen LogP contribution is 2.30. The van der Waals surface area contributed by atoms with E-state index >= 15 is 0 Å². The molecule has 0 saturated heterocycles. The molecule has 5 nitrogen and oxygen atoms in total. The number of rotatable bonds is 1. The molecule has 5 heteroatoms. The number of para-hydroxylation sites is 1. The average Bonchev–Trinajstić information content (AvgIpc) is 2.39. The number of aromatic nitrogens is 1. The van der Waals surface area contributed by atoms with Crippen LogP contribution in [-0.4, -0.2) is 17.5 Å². The number of aliphatic imine (C=N–C) groups is 1. The van der Waals surface area contributed by atoms with Gasteiger partial charge in [0.05, 0.1) is 23.1 Å². The van der Waals surface area contributed by atoms with Gasteiger partial charge in [-0.05, 0) is 13.0 Å². The van der Waals surface area contributed by atoms with Crippen LogP contribution in [-0.2, 0) is 0 Å². The minimum absolute atomic E-state index is 0.732. The molecule has 0 atom stereocenters. The number of anilines is 2. The molecule has 86 valence electrons. The van der Waals surface area contributed by atoms with Crippen molar-refractivity contribution in [3.05, 3.63) is 30.5 Å². The number of hydrazine groups is 1. The summed E-state index contributed by atoms with van der Waals surface area (Å²) in [6, 6.07) is 8.03. The lowest BCUT2D eigenvalue weighted by Crippen LogP contribution is -2.39. The van der Waals surface area contributed by atoms with Gasteiger partial charge < -0.3 is 5.32 Å². The fourth-order valence-corrected chi connectivity index (χ4v) is 1.88. The van der Waals surface area contributed by atoms with Crippen molar-refractivity contribution in [1.82, 2.24) is 10.4 Å². The number of nitrogens with zero attached hydrogens (tertiary/aromatic N) is 2. The van der Waals surface area contributed by atoms with E-state index in [4.69, 9.17) is 0 Å². The maximum Gasteiger partial charge on any atom is 0.214 e. The van der Waals surface area contributed by atoms with Crippen molar-refractivity contribution in [2.24, 2.45) is 4.99 Å². The van der Waals surface area contributed by atoms with Crippen LogP contribution in [0, 0.1) is 0 Å². The van der Waals surface area contributed by atoms with Gasteiger partial charge in [-0.2, -0.15) is 0 Å². The lowest BCUT2D eigenvalue weighted by molar-refractivity contribution is 1.03. The van der Waals surface area contributed by atoms with Gasteiger partial charge in [-0.1, -0.05) is 18.2 Å². The molecule has 0 aliphatic carbocycles. The predicted molar refractivity (Wildman–Crippen MR) is 70.1 cm³/mol. The first kappa shape index (κ1) is 9.89. The van der Waals surface area contributed by atoms with E-state index in [0.29, 0.717) is 0 Å². The highest BCUT2D eigenvalue weighted by atomic mass is 15.5. The Morgan fingerprint density at radius 3 is 3.00 bits per heavy atom. The first-order valence-corrected chi connectivity index (χ1v) is 5.59. The molecule has 0 saturated carbocycles. The Kier molecular flexibility index (Phi) is 2.29. The summed E-state index contributed by atoms with van der Waals surface area (Å²) in [5, 5.41) is 4.36. The van der Waals surface area contributed by atoms with Crippen LogP contribution in [0.25, 0.3) is 10.9 Å². The topological polar surface area (TPSA) is 61.3 Å². The molecule has 3 rings (SSSR count). The monoisotopic (exact) mass is 227 g/mol. The van der Waals surface area contributed by atoms with Crippen LogP contribution in [0.4, 0.5) is 11.4 Å². The minimum atomic E-state index is 0.732. The van der Waals surface area contributed by atoms with Crippen LogP contribution < -0.4 is 16.2 Å². The Hall–Kier alpha value is -2.30. The van der Waals surface area contributed by atoms with Crippen LogP contribution in [0.3, 0.4) is 0 Å². The summed E-state index contributed by atoms with van der Waals surface area (Å²) < 4.78 is 0. The normalized spacial score (nSPS) is 15.9. The van der Waals surface area contributed by atoms with Gasteiger partial charge in [0.25, 0.3) is 0 Å². The van der Waals surface area contributed by atoms with Crippen molar-refractivity contribution < 1.29 is 0 Å². The molecule has 0 amide bonds. The zero-order chi connectivity index (χ0) is 11.7. The van der Waals surface area contributed by atoms with E-state index < -0.39 is 0 Å². The van der Waals surface area contributed by atoms with Crippen LogP contribution in [0.2, 0.25) is 0 Å². The molecule has 1 aromatic heterocycles. The van der Waals surface area contributed by atoms with E-state index in [1.807, 2.05) is 31.2 Å². The molecular weight excluding hydrogens is 214 g/mol. The van der Waals surface area contributed by atoms with Crippen LogP contribution >= 0.6 is 0 Å². The third kappa shape index (κ3) is 1.65. The summed E-state index contributed by atoms with van der Waals surface area (Å²) in [6.07, 6.45) is 1.81. The van der Waals surface area contributed by atoms with Gasteiger partial charge >= 0.3 is 0 Å². The highest BCUT2D eigenvalue weighted by molar-refractivity contribution is 6.09. The van der Waals surface area contributed by atoms with E-state index in [-0.39, 0.29) is 0 Å². The van der Waals surface area contributed by atoms with Crippen LogP contribution in [0.5, 0.6) is 0 Å². The van der Waals surface area contributed by atoms with Gasteiger partial charge in [-0.15, -0.1) is 0 Å². The molecule has 17 heavy (non-hydrogen) atoms. The van der Waals surface area contributed by atoms with E-state index in [9.17, 15) is 0 Å². The number of hydrogen-bond acceptors (Lipinski definition) is 3. The third-order valence-corrected chi connectivity index (χ3v) is 2.65. The largest absolute Gasteiger partial charge is 0.322 e. The highest BCUT2D eigenvalue weighted by Gasteiger charge is 2.14. The maximum atomic E-state index is 4.38. The zero-order valence-electron chi connectivity index (χ0n) is 9.49. The molecule has 1 aliphatic rings. The van der Waals surface area contributed by atoms with Crippen molar-refractivity contribution in [3.63, 3.8) is 0 Å². The number of hydrogen-bond donors (Lipinski definition) is 3. The lowest BCUT2D eigenvalue weighted by atomic mass is 10.1. The van der Waals surface area contributed by atoms with Gasteiger partial charge in [-0.3, -0.25) is 20.8 Å². The predicted octanol–water partition coefficient (Wildman–Crippen LogP) is 1.95. The number of pyridine rings is 1. The minimum Gasteiger partial charge on any atom is -0.322 e. The second-order valence-electron chi connectivity index (χ2n) is 3.76. The van der Waals surface area contributed by atoms with E-state index in [1.165, 1.54) is 0 Å². The molecule has 3 N–H and O–H groups in total. The Labute approximate surface area is 98.9 Å². The summed E-state index contributed by atoms with van der Waals surface area (Å²) in [5.41, 5.74) is 8.99. The lowest BCUT2D eigenvalue weighted by Gasteiger charge is -2.23. The summed E-state index contributed by atoms with van der Waals surface area (Å²) in [5.74, 6) is 0.733. The molecule has 1 aliphatic heterocycles. The molecule has 2 aromatic rings. The first-order chi connectivity index (χ1) is 8.38. The summed E-state index contributed by atoms with van der Waals surface area (Å²) >= 11 is 0. The Bertz CT molecular complexity index is 590. The van der Waals surface area contributed by atoms with Gasteiger partial charge in [-0.25, -0.2) is 0 Å². The Morgan fingerprint density at radius 2 is 2.12 bits per heavy atom. The molecule has 0 unspecified atom stereocenters. The molecular formula is C12H13N5. The quantitative estimate of drug-likeness (QED) is 0.697. The van der Waals surface area contributed by atoms with E-state index in [0.717, 1.165) is 34.8 Å². The molecule has 2 heterocycles. The molecule has 0 fully saturated rings. The molecule has 0 radical (unpaired) electrons. The number of benzene rings is 1. The third-order valence-electron chi connectivity index (χ3n) is 2.65. The molecule has 1 aromatic carbocycles. The average molecular weight is 227 g/mol. The fourth-order valence-electron chi connectivity index (χ4n) is 1.88. The Balaban J connectivity index is 2.15. The standard InChI is InChI=1S/C12H13N5/c1-2-13-12-15-11-8-5-3-4-6-9(8)14-7-10(11)16-17-12/h3-7,16H,2H2,1H3,(H2,13,15,17). The summed E-state index contributed by atoms with van der Waals surface area (Å²) in [6.45, 7) is 2.73. The van der Waals surface area contributed by atoms with Crippen molar-refractivity contribution in [2.45, 2.75) is 6.92 Å². The summed E-state index contributed by atoms with van der Waals surface area (Å²) in [4.78, 5) is 8.68. The summed E-state index contributed by atoms with van der Waals surface area (Å²) in [7, 11) is 0. The van der Waals surface area contributed by atoms with Crippen molar-refractivity contribution in [2.75, 3.05) is 17.3 Å². The van der Waals surface area contributed by atoms with Crippen molar-refractivity contribution in [1.29, 1.82) is 0 Å². The van der Waals surface area contributed by atoms with Crippen molar-refractivity contribution >= 4 is 28.2 Å². The molecule has 0 spiro atoms. The second-order valence-corrected chi connectivity index (χ2v) is 3.76. The number of guanidine groups is 1. The van der Waals surface area contributed by atoms with Gasteiger partial charge in [0.1, 0.15) is 0 Å². The SMILES string of the molecule is CCN=C1NNc2cnc3ccccc3c2N1. The van der Waals surface area contributed by atoms with Crippen LogP contribution in [0.1, 0.15) is 6.92 Å². The maximum absolute atomic E-state index is 4.38. The second kappa shape index (κ2) is 3.93. The number of nitrogens with one attached hydrogen (secondary N) is 3. The van der Waals surface area contributed by atoms with Gasteiger partial charge in [0, 0.05) is 11.9 Å². The van der Waals surface area contributed by atoms with Crippen LogP contribution in [0.15, 0.2) is 35.5 Å². The first-order valence-electron chi connectivity index (χ1n) is 5.59.